The summed E-state index contributed by atoms with van der Waals surface area (Å²) < 4.78 is 0. The lowest BCUT2D eigenvalue weighted by atomic mass is 10.2. The number of carbonyl (C=O) groups is 2. The quantitative estimate of drug-likeness (QED) is 0.569. The molecule has 1 rings (SSSR count). The van der Waals surface area contributed by atoms with E-state index in [0.717, 1.165) is 19.4 Å². The van der Waals surface area contributed by atoms with Crippen molar-refractivity contribution in [3.63, 3.8) is 0 Å². The average Bonchev–Trinajstić information content (AvgIpc) is 2.52. The van der Waals surface area contributed by atoms with Crippen LogP contribution in [0.5, 0.6) is 0 Å². The molecule has 0 aromatic heterocycles. The molecule has 0 spiro atoms. The fourth-order valence-corrected chi connectivity index (χ4v) is 1.83. The maximum atomic E-state index is 11.4. The standard InChI is InChI=1S/C15H24N4O2.2ClH/c1-19(13-7-3-2-4-8-13)10-6-5-9-17-15(21)12-18-14(20)11-16;;/h2-4,7-8H,5-6,9-12,16H2,1H3,(H,17,21)(H,18,20);2*1H. The molecule has 2 amide bonds. The van der Waals surface area contributed by atoms with Crippen LogP contribution in [-0.2, 0) is 9.59 Å². The van der Waals surface area contributed by atoms with Crippen LogP contribution in [0.3, 0.4) is 0 Å². The number of hydrogen-bond donors (Lipinski definition) is 3. The molecule has 0 saturated carbocycles. The van der Waals surface area contributed by atoms with Crippen molar-refractivity contribution < 1.29 is 9.59 Å². The first-order valence-electron chi connectivity index (χ1n) is 7.13. The molecule has 0 fully saturated rings. The summed E-state index contributed by atoms with van der Waals surface area (Å²) in [6, 6.07) is 10.2. The summed E-state index contributed by atoms with van der Waals surface area (Å²) in [6.07, 6.45) is 1.88. The van der Waals surface area contributed by atoms with Crippen molar-refractivity contribution in [1.82, 2.24) is 10.6 Å². The van der Waals surface area contributed by atoms with Crippen molar-refractivity contribution in [1.29, 1.82) is 0 Å². The maximum Gasteiger partial charge on any atom is 0.239 e. The zero-order chi connectivity index (χ0) is 15.5. The summed E-state index contributed by atoms with van der Waals surface area (Å²) >= 11 is 0. The van der Waals surface area contributed by atoms with Crippen LogP contribution in [-0.4, -0.2) is 45.0 Å². The fraction of sp³-hybridized carbons (Fsp3) is 0.467. The SMILES string of the molecule is CN(CCCCNC(=O)CNC(=O)CN)c1ccccc1.Cl.Cl. The van der Waals surface area contributed by atoms with E-state index in [1.165, 1.54) is 5.69 Å². The third-order valence-corrected chi connectivity index (χ3v) is 3.07. The third-order valence-electron chi connectivity index (χ3n) is 3.07. The number of amides is 2. The van der Waals surface area contributed by atoms with Gasteiger partial charge in [-0.25, -0.2) is 0 Å². The first-order valence-corrected chi connectivity index (χ1v) is 7.13. The summed E-state index contributed by atoms with van der Waals surface area (Å²) in [5, 5.41) is 5.19. The van der Waals surface area contributed by atoms with Crippen LogP contribution in [0.4, 0.5) is 5.69 Å². The monoisotopic (exact) mass is 364 g/mol. The fourth-order valence-electron chi connectivity index (χ4n) is 1.83. The van der Waals surface area contributed by atoms with Crippen LogP contribution in [0.1, 0.15) is 12.8 Å². The second-order valence-corrected chi connectivity index (χ2v) is 4.80. The predicted molar refractivity (Wildman–Crippen MR) is 98.5 cm³/mol. The number of hydrogen-bond acceptors (Lipinski definition) is 4. The van der Waals surface area contributed by atoms with E-state index in [0.29, 0.717) is 6.54 Å². The molecule has 4 N–H and O–H groups in total. The van der Waals surface area contributed by atoms with Gasteiger partial charge < -0.3 is 21.3 Å². The smallest absolute Gasteiger partial charge is 0.239 e. The summed E-state index contributed by atoms with van der Waals surface area (Å²) in [5.74, 6) is -0.511. The summed E-state index contributed by atoms with van der Waals surface area (Å²) in [5.41, 5.74) is 6.31. The second-order valence-electron chi connectivity index (χ2n) is 4.80. The van der Waals surface area contributed by atoms with Gasteiger partial charge in [-0.05, 0) is 25.0 Å². The Bertz CT molecular complexity index is 446. The van der Waals surface area contributed by atoms with Gasteiger partial charge in [0.1, 0.15) is 0 Å². The minimum Gasteiger partial charge on any atom is -0.375 e. The van der Waals surface area contributed by atoms with Gasteiger partial charge >= 0.3 is 0 Å². The summed E-state index contributed by atoms with van der Waals surface area (Å²) in [4.78, 5) is 24.5. The lowest BCUT2D eigenvalue weighted by Gasteiger charge is -2.19. The van der Waals surface area contributed by atoms with E-state index in [2.05, 4.69) is 34.7 Å². The van der Waals surface area contributed by atoms with Gasteiger partial charge in [-0.15, -0.1) is 24.8 Å². The van der Waals surface area contributed by atoms with Crippen LogP contribution in [0.25, 0.3) is 0 Å². The predicted octanol–water partition coefficient (Wildman–Crippen LogP) is 0.938. The van der Waals surface area contributed by atoms with Crippen molar-refractivity contribution in [2.24, 2.45) is 5.73 Å². The van der Waals surface area contributed by atoms with Gasteiger partial charge in [0.05, 0.1) is 13.1 Å². The van der Waals surface area contributed by atoms with E-state index in [4.69, 9.17) is 5.73 Å². The van der Waals surface area contributed by atoms with E-state index in [1.807, 2.05) is 18.2 Å². The topological polar surface area (TPSA) is 87.5 Å². The molecule has 1 aromatic carbocycles. The lowest BCUT2D eigenvalue weighted by molar-refractivity contribution is -0.125. The molecule has 0 aliphatic carbocycles. The van der Waals surface area contributed by atoms with Gasteiger partial charge in [-0.3, -0.25) is 9.59 Å². The van der Waals surface area contributed by atoms with E-state index in [-0.39, 0.29) is 49.7 Å². The van der Waals surface area contributed by atoms with E-state index >= 15 is 0 Å². The zero-order valence-corrected chi connectivity index (χ0v) is 14.9. The molecule has 132 valence electrons. The lowest BCUT2D eigenvalue weighted by Crippen LogP contribution is -2.39. The van der Waals surface area contributed by atoms with Crippen molar-refractivity contribution in [3.8, 4) is 0 Å². The Hall–Kier alpha value is -1.50. The minimum absolute atomic E-state index is 0. The average molecular weight is 365 g/mol. The van der Waals surface area contributed by atoms with Crippen molar-refractivity contribution >= 4 is 42.3 Å². The number of para-hydroxylation sites is 1. The Morgan fingerprint density at radius 1 is 1.04 bits per heavy atom. The Morgan fingerprint density at radius 2 is 1.70 bits per heavy atom. The number of unbranched alkanes of at least 4 members (excludes halogenated alkanes) is 1. The molecular weight excluding hydrogens is 339 g/mol. The van der Waals surface area contributed by atoms with Crippen molar-refractivity contribution in [3.05, 3.63) is 30.3 Å². The molecule has 0 aliphatic heterocycles. The van der Waals surface area contributed by atoms with Gasteiger partial charge in [-0.2, -0.15) is 0 Å². The Kier molecular flexibility index (Phi) is 14.6. The molecule has 0 atom stereocenters. The highest BCUT2D eigenvalue weighted by Crippen LogP contribution is 2.11. The first kappa shape index (κ1) is 23.8. The third kappa shape index (κ3) is 10.8. The van der Waals surface area contributed by atoms with E-state index < -0.39 is 0 Å². The van der Waals surface area contributed by atoms with Gasteiger partial charge in [0, 0.05) is 25.8 Å². The molecule has 0 unspecified atom stereocenters. The van der Waals surface area contributed by atoms with Crippen molar-refractivity contribution in [2.75, 3.05) is 38.1 Å². The molecule has 0 heterocycles. The number of halogens is 2. The zero-order valence-electron chi connectivity index (χ0n) is 13.3. The Labute approximate surface area is 150 Å². The Morgan fingerprint density at radius 3 is 2.30 bits per heavy atom. The van der Waals surface area contributed by atoms with E-state index in [9.17, 15) is 9.59 Å². The summed E-state index contributed by atoms with van der Waals surface area (Å²) in [7, 11) is 2.05. The van der Waals surface area contributed by atoms with Crippen LogP contribution in [0, 0.1) is 0 Å². The van der Waals surface area contributed by atoms with Gasteiger partial charge in [0.25, 0.3) is 0 Å². The highest BCUT2D eigenvalue weighted by molar-refractivity contribution is 5.86. The molecule has 0 aliphatic rings. The van der Waals surface area contributed by atoms with Gasteiger partial charge in [0.15, 0.2) is 0 Å². The summed E-state index contributed by atoms with van der Waals surface area (Å²) in [6.45, 7) is 1.43. The number of carbonyl (C=O) groups excluding carboxylic acids is 2. The largest absolute Gasteiger partial charge is 0.375 e. The highest BCUT2D eigenvalue weighted by atomic mass is 35.5. The first-order chi connectivity index (χ1) is 10.1. The maximum absolute atomic E-state index is 11.4. The molecule has 1 aromatic rings. The minimum atomic E-state index is -0.324. The molecule has 0 bridgehead atoms. The number of nitrogens with zero attached hydrogens (tertiary/aromatic N) is 1. The number of benzene rings is 1. The Balaban J connectivity index is 0. The number of nitrogens with one attached hydrogen (secondary N) is 2. The van der Waals surface area contributed by atoms with Crippen LogP contribution in [0.2, 0.25) is 0 Å². The normalized spacial score (nSPS) is 9.13. The van der Waals surface area contributed by atoms with E-state index in [1.54, 1.807) is 0 Å². The molecular formula is C15H26Cl2N4O2. The van der Waals surface area contributed by atoms with Gasteiger partial charge in [0.2, 0.25) is 11.8 Å². The van der Waals surface area contributed by atoms with Crippen LogP contribution in [0.15, 0.2) is 30.3 Å². The molecule has 6 nitrogen and oxygen atoms in total. The number of rotatable bonds is 9. The second kappa shape index (κ2) is 14.1. The number of nitrogens with two attached hydrogens (primary N) is 1. The van der Waals surface area contributed by atoms with Crippen LogP contribution < -0.4 is 21.3 Å². The van der Waals surface area contributed by atoms with Crippen molar-refractivity contribution in [2.45, 2.75) is 12.8 Å². The molecule has 8 heteroatoms. The van der Waals surface area contributed by atoms with Crippen LogP contribution >= 0.6 is 24.8 Å². The molecule has 0 radical (unpaired) electrons. The highest BCUT2D eigenvalue weighted by Gasteiger charge is 2.03. The van der Waals surface area contributed by atoms with Gasteiger partial charge in [-0.1, -0.05) is 18.2 Å². The molecule has 23 heavy (non-hydrogen) atoms. The molecule has 0 saturated heterocycles. The number of anilines is 1.